The van der Waals surface area contributed by atoms with Gasteiger partial charge in [-0.25, -0.2) is 19.1 Å². The fourth-order valence-electron chi connectivity index (χ4n) is 3.41. The van der Waals surface area contributed by atoms with Crippen molar-refractivity contribution < 1.29 is 4.74 Å². The molecule has 1 aromatic carbocycles. The van der Waals surface area contributed by atoms with E-state index in [1.54, 1.807) is 12.5 Å². The van der Waals surface area contributed by atoms with E-state index in [0.29, 0.717) is 26.1 Å². The summed E-state index contributed by atoms with van der Waals surface area (Å²) in [6.45, 7) is 3.03. The molecule has 1 aliphatic rings. The SMILES string of the molecule is C[C@H](Nc1nc(=O)n(C2CCOCC2)c(=O)[nH]1)c1cccc(-n2ccnc2)c1. The van der Waals surface area contributed by atoms with Crippen molar-refractivity contribution >= 4 is 5.95 Å². The van der Waals surface area contributed by atoms with Gasteiger partial charge >= 0.3 is 11.4 Å². The highest BCUT2D eigenvalue weighted by Crippen LogP contribution is 2.20. The molecule has 3 aromatic rings. The average molecular weight is 382 g/mol. The molecular formula is C19H22N6O3. The molecule has 1 saturated heterocycles. The number of imidazole rings is 1. The molecule has 0 amide bonds. The van der Waals surface area contributed by atoms with Crippen LogP contribution in [0.1, 0.15) is 37.4 Å². The Kier molecular flexibility index (Phi) is 5.07. The molecule has 0 spiro atoms. The second kappa shape index (κ2) is 7.81. The van der Waals surface area contributed by atoms with Crippen molar-refractivity contribution in [2.75, 3.05) is 18.5 Å². The molecule has 0 radical (unpaired) electrons. The van der Waals surface area contributed by atoms with Gasteiger partial charge in [-0.15, -0.1) is 0 Å². The molecule has 28 heavy (non-hydrogen) atoms. The molecule has 9 heteroatoms. The average Bonchev–Trinajstić information content (AvgIpc) is 3.23. The Labute approximate surface area is 161 Å². The zero-order valence-corrected chi connectivity index (χ0v) is 15.5. The minimum atomic E-state index is -0.544. The fourth-order valence-corrected chi connectivity index (χ4v) is 3.41. The van der Waals surface area contributed by atoms with Crippen LogP contribution in [0.15, 0.2) is 52.6 Å². The Hall–Kier alpha value is -3.20. The molecule has 0 bridgehead atoms. The third-order valence-electron chi connectivity index (χ3n) is 4.94. The Morgan fingerprint density at radius 2 is 2.11 bits per heavy atom. The van der Waals surface area contributed by atoms with Crippen molar-refractivity contribution in [3.05, 3.63) is 69.5 Å². The Morgan fingerprint density at radius 3 is 2.82 bits per heavy atom. The smallest absolute Gasteiger partial charge is 0.355 e. The van der Waals surface area contributed by atoms with Gasteiger partial charge in [0.05, 0.1) is 12.4 Å². The van der Waals surface area contributed by atoms with E-state index < -0.39 is 11.4 Å². The first-order chi connectivity index (χ1) is 13.6. The van der Waals surface area contributed by atoms with Crippen molar-refractivity contribution in [1.82, 2.24) is 24.1 Å². The largest absolute Gasteiger partial charge is 0.381 e. The highest BCUT2D eigenvalue weighted by atomic mass is 16.5. The summed E-state index contributed by atoms with van der Waals surface area (Å²) >= 11 is 0. The first-order valence-corrected chi connectivity index (χ1v) is 9.27. The maximum Gasteiger partial charge on any atom is 0.355 e. The molecule has 0 aliphatic carbocycles. The molecule has 0 saturated carbocycles. The zero-order valence-electron chi connectivity index (χ0n) is 15.5. The number of ether oxygens (including phenoxy) is 1. The number of aromatic nitrogens is 5. The van der Waals surface area contributed by atoms with Crippen LogP contribution in [0.2, 0.25) is 0 Å². The van der Waals surface area contributed by atoms with E-state index in [0.717, 1.165) is 11.3 Å². The monoisotopic (exact) mass is 382 g/mol. The van der Waals surface area contributed by atoms with Gasteiger partial charge in [-0.2, -0.15) is 4.98 Å². The van der Waals surface area contributed by atoms with Crippen LogP contribution >= 0.6 is 0 Å². The second-order valence-corrected chi connectivity index (χ2v) is 6.82. The minimum Gasteiger partial charge on any atom is -0.381 e. The summed E-state index contributed by atoms with van der Waals surface area (Å²) in [5.41, 5.74) is 0.966. The van der Waals surface area contributed by atoms with E-state index in [-0.39, 0.29) is 18.0 Å². The number of aromatic amines is 1. The Balaban J connectivity index is 1.55. The highest BCUT2D eigenvalue weighted by Gasteiger charge is 2.20. The van der Waals surface area contributed by atoms with Crippen LogP contribution < -0.4 is 16.7 Å². The molecule has 9 nitrogen and oxygen atoms in total. The molecule has 1 fully saturated rings. The van der Waals surface area contributed by atoms with E-state index in [2.05, 4.69) is 20.3 Å². The summed E-state index contributed by atoms with van der Waals surface area (Å²) in [7, 11) is 0. The van der Waals surface area contributed by atoms with Crippen LogP contribution in [-0.2, 0) is 4.74 Å². The number of hydrogen-bond donors (Lipinski definition) is 2. The third kappa shape index (κ3) is 3.74. The maximum absolute atomic E-state index is 12.5. The molecule has 1 aliphatic heterocycles. The Bertz CT molecular complexity index is 1020. The van der Waals surface area contributed by atoms with Crippen LogP contribution in [0.3, 0.4) is 0 Å². The number of anilines is 1. The Morgan fingerprint density at radius 1 is 1.29 bits per heavy atom. The van der Waals surface area contributed by atoms with E-state index in [9.17, 15) is 9.59 Å². The van der Waals surface area contributed by atoms with Gasteiger partial charge in [-0.05, 0) is 37.5 Å². The number of hydrogen-bond acceptors (Lipinski definition) is 6. The predicted molar refractivity (Wildman–Crippen MR) is 104 cm³/mol. The van der Waals surface area contributed by atoms with Crippen molar-refractivity contribution in [3.63, 3.8) is 0 Å². The van der Waals surface area contributed by atoms with Crippen LogP contribution in [0.5, 0.6) is 0 Å². The maximum atomic E-state index is 12.5. The second-order valence-electron chi connectivity index (χ2n) is 6.82. The predicted octanol–water partition coefficient (Wildman–Crippen LogP) is 1.64. The summed E-state index contributed by atoms with van der Waals surface area (Å²) in [6.07, 6.45) is 6.58. The number of nitrogens with one attached hydrogen (secondary N) is 2. The van der Waals surface area contributed by atoms with Crippen molar-refractivity contribution in [2.45, 2.75) is 31.8 Å². The topological polar surface area (TPSA) is 107 Å². The van der Waals surface area contributed by atoms with E-state index in [1.165, 1.54) is 4.57 Å². The molecule has 3 heterocycles. The van der Waals surface area contributed by atoms with Crippen LogP contribution in [0, 0.1) is 0 Å². The van der Waals surface area contributed by atoms with Crippen LogP contribution in [0.25, 0.3) is 5.69 Å². The fraction of sp³-hybridized carbons (Fsp3) is 0.368. The van der Waals surface area contributed by atoms with Gasteiger partial charge in [0.1, 0.15) is 0 Å². The number of rotatable bonds is 5. The van der Waals surface area contributed by atoms with Gasteiger partial charge in [-0.3, -0.25) is 4.98 Å². The molecule has 0 unspecified atom stereocenters. The molecule has 2 aromatic heterocycles. The normalized spacial score (nSPS) is 16.0. The van der Waals surface area contributed by atoms with Gasteiger partial charge < -0.3 is 14.6 Å². The molecule has 4 rings (SSSR count). The number of H-pyrrole nitrogens is 1. The summed E-state index contributed by atoms with van der Waals surface area (Å²) < 4.78 is 8.40. The molecular weight excluding hydrogens is 360 g/mol. The van der Waals surface area contributed by atoms with Gasteiger partial charge in [0.15, 0.2) is 0 Å². The van der Waals surface area contributed by atoms with E-state index in [4.69, 9.17) is 4.74 Å². The van der Waals surface area contributed by atoms with Gasteiger partial charge in [0, 0.05) is 37.3 Å². The van der Waals surface area contributed by atoms with Gasteiger partial charge in [0.2, 0.25) is 5.95 Å². The molecule has 1 atom stereocenters. The van der Waals surface area contributed by atoms with Crippen molar-refractivity contribution in [3.8, 4) is 5.69 Å². The summed E-state index contributed by atoms with van der Waals surface area (Å²) in [4.78, 5) is 35.7. The van der Waals surface area contributed by atoms with Gasteiger partial charge in [-0.1, -0.05) is 12.1 Å². The first-order valence-electron chi connectivity index (χ1n) is 9.27. The molecule has 146 valence electrons. The lowest BCUT2D eigenvalue weighted by Gasteiger charge is -2.23. The van der Waals surface area contributed by atoms with Crippen LogP contribution in [0.4, 0.5) is 5.95 Å². The number of benzene rings is 1. The highest BCUT2D eigenvalue weighted by molar-refractivity contribution is 5.39. The third-order valence-corrected chi connectivity index (χ3v) is 4.94. The van der Waals surface area contributed by atoms with Crippen molar-refractivity contribution in [2.24, 2.45) is 0 Å². The standard InChI is InChI=1S/C19H22N6O3/c1-13(14-3-2-4-16(11-14)24-8-7-20-12-24)21-17-22-18(26)25(19(27)23-17)15-5-9-28-10-6-15/h2-4,7-8,11-13,15H,5-6,9-10H2,1H3,(H2,21,22,23,26,27)/t13-/m0/s1. The lowest BCUT2D eigenvalue weighted by atomic mass is 10.1. The number of nitrogens with zero attached hydrogens (tertiary/aromatic N) is 4. The van der Waals surface area contributed by atoms with Gasteiger partial charge in [0.25, 0.3) is 0 Å². The zero-order chi connectivity index (χ0) is 19.5. The lowest BCUT2D eigenvalue weighted by molar-refractivity contribution is 0.0670. The van der Waals surface area contributed by atoms with Crippen molar-refractivity contribution in [1.29, 1.82) is 0 Å². The summed E-state index contributed by atoms with van der Waals surface area (Å²) in [5.74, 6) is 0.166. The van der Waals surface area contributed by atoms with E-state index in [1.807, 2.05) is 42.0 Å². The van der Waals surface area contributed by atoms with E-state index >= 15 is 0 Å². The summed E-state index contributed by atoms with van der Waals surface area (Å²) in [5, 5.41) is 3.11. The minimum absolute atomic E-state index is 0.162. The van der Waals surface area contributed by atoms with Crippen LogP contribution in [-0.4, -0.2) is 37.3 Å². The first kappa shape index (κ1) is 18.2. The summed E-state index contributed by atoms with van der Waals surface area (Å²) in [6, 6.07) is 7.58. The lowest BCUT2D eigenvalue weighted by Crippen LogP contribution is -2.42. The molecule has 2 N–H and O–H groups in total. The quantitative estimate of drug-likeness (QED) is 0.695.